The standard InChI is InChI=1S/C43H45ClFNO4S/c1-7-10-36-35(17-18-42(50-6)43(36)45)34(23-28(2)3)27-33-13-8-11-29(4)24-38(30(33)5)40(46)26-32-15-16-37(39(44)25-32)41(47)14-9-12-31-19-21-51(48,49)22-20-31/h7-9,11,13-18,23,25,31,46H,1-2,5,10,12,19-22,26-27H2,3-4,6H3/b11-8-,14-9+,33-13-,34-23+,46-40?. The molecule has 0 amide bonds. The summed E-state index contributed by atoms with van der Waals surface area (Å²) in [5.74, 6) is 0.140. The number of halogens is 2. The topological polar surface area (TPSA) is 84.3 Å². The Labute approximate surface area is 307 Å². The molecule has 1 aliphatic carbocycles. The van der Waals surface area contributed by atoms with Crippen LogP contribution in [0.2, 0.25) is 5.02 Å². The first kappa shape index (κ1) is 39.2. The lowest BCUT2D eigenvalue weighted by atomic mass is 9.85. The maximum absolute atomic E-state index is 15.5. The van der Waals surface area contributed by atoms with Crippen molar-refractivity contribution in [1.82, 2.24) is 0 Å². The van der Waals surface area contributed by atoms with Crippen LogP contribution in [-0.2, 0) is 22.7 Å². The van der Waals surface area contributed by atoms with Gasteiger partial charge in [-0.05, 0) is 110 Å². The number of allylic oxidation sites excluding steroid dienone is 12. The molecule has 1 fully saturated rings. The molecule has 0 unspecified atom stereocenters. The second kappa shape index (κ2) is 17.6. The molecule has 0 atom stereocenters. The van der Waals surface area contributed by atoms with E-state index >= 15 is 4.39 Å². The number of ketones is 1. The van der Waals surface area contributed by atoms with Gasteiger partial charge in [-0.1, -0.05) is 78.9 Å². The first-order valence-corrected chi connectivity index (χ1v) is 19.1. The minimum atomic E-state index is -2.93. The van der Waals surface area contributed by atoms with Gasteiger partial charge in [0.05, 0.1) is 29.3 Å². The highest BCUT2D eigenvalue weighted by Gasteiger charge is 2.23. The number of rotatable bonds is 14. The van der Waals surface area contributed by atoms with Gasteiger partial charge in [-0.15, -0.1) is 12.3 Å². The van der Waals surface area contributed by atoms with Crippen LogP contribution < -0.4 is 4.74 Å². The molecule has 0 bridgehead atoms. The third kappa shape index (κ3) is 10.5. The van der Waals surface area contributed by atoms with Crippen LogP contribution in [0.5, 0.6) is 5.75 Å². The highest BCUT2D eigenvalue weighted by atomic mass is 35.5. The Hall–Kier alpha value is -4.55. The molecule has 1 N–H and O–H groups in total. The van der Waals surface area contributed by atoms with Crippen molar-refractivity contribution in [2.45, 2.75) is 52.4 Å². The Morgan fingerprint density at radius 3 is 2.51 bits per heavy atom. The largest absolute Gasteiger partial charge is 0.494 e. The van der Waals surface area contributed by atoms with Crippen LogP contribution in [0.15, 0.2) is 126 Å². The molecule has 5 nitrogen and oxygen atoms in total. The minimum Gasteiger partial charge on any atom is -0.494 e. The minimum absolute atomic E-state index is 0.159. The lowest BCUT2D eigenvalue weighted by Gasteiger charge is -2.20. The predicted octanol–water partition coefficient (Wildman–Crippen LogP) is 10.3. The summed E-state index contributed by atoms with van der Waals surface area (Å²) in [6.07, 6.45) is 15.5. The van der Waals surface area contributed by atoms with Crippen molar-refractivity contribution in [2.75, 3.05) is 18.6 Å². The third-order valence-electron chi connectivity index (χ3n) is 8.97. The van der Waals surface area contributed by atoms with Gasteiger partial charge >= 0.3 is 0 Å². The van der Waals surface area contributed by atoms with Gasteiger partial charge in [0.15, 0.2) is 17.3 Å². The van der Waals surface area contributed by atoms with Crippen LogP contribution in [0, 0.1) is 17.1 Å². The van der Waals surface area contributed by atoms with Crippen LogP contribution in [-0.4, -0.2) is 38.5 Å². The fourth-order valence-corrected chi connectivity index (χ4v) is 8.11. The SMILES string of the molecule is C=CCc1c(/C(=C/C(=C)C)C/C2=C/C=C\C(C)=C=C(C(=N)Cc3ccc(C(=O)/C=C/CC4CCS(=O)(=O)CC4)c(Cl)c3)C2=C)ccc(OC)c1F. The molecule has 51 heavy (non-hydrogen) atoms. The van der Waals surface area contributed by atoms with Crippen molar-refractivity contribution in [3.8, 4) is 5.75 Å². The zero-order chi connectivity index (χ0) is 37.3. The molecule has 8 heteroatoms. The fraction of sp³-hybridized carbons (Fsp3) is 0.279. The zero-order valence-electron chi connectivity index (χ0n) is 29.6. The second-order valence-corrected chi connectivity index (χ2v) is 15.8. The smallest absolute Gasteiger partial charge is 0.187 e. The van der Waals surface area contributed by atoms with Crippen molar-refractivity contribution in [3.63, 3.8) is 0 Å². The van der Waals surface area contributed by atoms with E-state index in [2.05, 4.69) is 25.5 Å². The van der Waals surface area contributed by atoms with Crippen LogP contribution in [0.4, 0.5) is 4.39 Å². The van der Waals surface area contributed by atoms with Crippen LogP contribution in [0.3, 0.4) is 0 Å². The maximum Gasteiger partial charge on any atom is 0.187 e. The normalized spacial score (nSPS) is 18.2. The molecule has 1 saturated heterocycles. The maximum atomic E-state index is 15.5. The van der Waals surface area contributed by atoms with Gasteiger partial charge in [0.2, 0.25) is 0 Å². The molecular formula is C43H45ClFNO4S. The van der Waals surface area contributed by atoms with E-state index in [9.17, 15) is 13.2 Å². The summed E-state index contributed by atoms with van der Waals surface area (Å²) in [4.78, 5) is 13.0. The Kier molecular flexibility index (Phi) is 13.5. The number of carbonyl (C=O) groups excluding carboxylic acids is 1. The first-order chi connectivity index (χ1) is 24.2. The van der Waals surface area contributed by atoms with E-state index in [1.54, 1.807) is 36.4 Å². The number of methoxy groups -OCH3 is 1. The molecule has 1 heterocycles. The molecule has 2 aliphatic rings. The van der Waals surface area contributed by atoms with E-state index in [0.29, 0.717) is 59.9 Å². The van der Waals surface area contributed by atoms with Gasteiger partial charge in [-0.25, -0.2) is 12.8 Å². The monoisotopic (exact) mass is 725 g/mol. The Morgan fingerprint density at radius 1 is 1.16 bits per heavy atom. The number of ether oxygens (including phenoxy) is 1. The highest BCUT2D eigenvalue weighted by molar-refractivity contribution is 7.91. The Morgan fingerprint density at radius 2 is 1.86 bits per heavy atom. The summed E-state index contributed by atoms with van der Waals surface area (Å²) >= 11 is 6.59. The van der Waals surface area contributed by atoms with Gasteiger partial charge in [-0.3, -0.25) is 4.79 Å². The number of nitrogens with one attached hydrogen (secondary N) is 1. The van der Waals surface area contributed by atoms with E-state index in [0.717, 1.165) is 27.9 Å². The number of carbonyl (C=O) groups is 1. The van der Waals surface area contributed by atoms with Gasteiger partial charge in [0.1, 0.15) is 9.84 Å². The zero-order valence-corrected chi connectivity index (χ0v) is 31.2. The van der Waals surface area contributed by atoms with Crippen molar-refractivity contribution >= 4 is 38.5 Å². The van der Waals surface area contributed by atoms with Gasteiger partial charge in [-0.2, -0.15) is 0 Å². The lowest BCUT2D eigenvalue weighted by molar-refractivity contribution is 0.104. The summed E-state index contributed by atoms with van der Waals surface area (Å²) in [7, 11) is -1.49. The molecule has 1 aliphatic heterocycles. The summed E-state index contributed by atoms with van der Waals surface area (Å²) < 4.78 is 44.1. The summed E-state index contributed by atoms with van der Waals surface area (Å²) in [5, 5.41) is 9.44. The molecule has 266 valence electrons. The molecule has 2 aromatic rings. The van der Waals surface area contributed by atoms with Gasteiger partial charge in [0.25, 0.3) is 0 Å². The second-order valence-electron chi connectivity index (χ2n) is 13.1. The van der Waals surface area contributed by atoms with Gasteiger partial charge < -0.3 is 10.1 Å². The Balaban J connectivity index is 1.54. The lowest BCUT2D eigenvalue weighted by Crippen LogP contribution is -2.22. The summed E-state index contributed by atoms with van der Waals surface area (Å²) in [5.41, 5.74) is 10.4. The molecule has 0 aromatic heterocycles. The van der Waals surface area contributed by atoms with Crippen molar-refractivity contribution < 1.29 is 22.3 Å². The molecule has 0 spiro atoms. The van der Waals surface area contributed by atoms with E-state index in [1.165, 1.54) is 13.2 Å². The first-order valence-electron chi connectivity index (χ1n) is 16.9. The van der Waals surface area contributed by atoms with Crippen LogP contribution >= 0.6 is 11.6 Å². The Bertz CT molecular complexity index is 2060. The molecule has 2 aromatic carbocycles. The van der Waals surface area contributed by atoms with E-state index in [1.807, 2.05) is 44.2 Å². The van der Waals surface area contributed by atoms with E-state index in [-0.39, 0.29) is 46.1 Å². The number of hydrogen-bond donors (Lipinski definition) is 1. The van der Waals surface area contributed by atoms with Crippen molar-refractivity contribution in [2.24, 2.45) is 5.92 Å². The average molecular weight is 726 g/mol. The number of sulfone groups is 1. The average Bonchev–Trinajstić information content (AvgIpc) is 3.07. The van der Waals surface area contributed by atoms with Crippen LogP contribution in [0.25, 0.3) is 5.57 Å². The van der Waals surface area contributed by atoms with Crippen molar-refractivity contribution in [3.05, 3.63) is 159 Å². The van der Waals surface area contributed by atoms with E-state index < -0.39 is 15.7 Å². The van der Waals surface area contributed by atoms with E-state index in [4.69, 9.17) is 21.7 Å². The molecular weight excluding hydrogens is 681 g/mol. The molecule has 4 rings (SSSR count). The third-order valence-corrected chi connectivity index (χ3v) is 11.0. The molecule has 0 saturated carbocycles. The summed E-state index contributed by atoms with van der Waals surface area (Å²) in [6.45, 7) is 16.1. The highest BCUT2D eigenvalue weighted by Crippen LogP contribution is 2.36. The van der Waals surface area contributed by atoms with Crippen molar-refractivity contribution in [1.29, 1.82) is 5.41 Å². The quantitative estimate of drug-likeness (QED) is 0.0525. The summed E-state index contributed by atoms with van der Waals surface area (Å²) in [6, 6.07) is 8.63. The van der Waals surface area contributed by atoms with Crippen LogP contribution in [0.1, 0.15) is 66.6 Å². The van der Waals surface area contributed by atoms with Gasteiger partial charge in [0, 0.05) is 23.1 Å². The number of hydrogen-bond acceptors (Lipinski definition) is 5. The number of benzene rings is 2. The molecule has 0 radical (unpaired) electrons. The predicted molar refractivity (Wildman–Crippen MR) is 209 cm³/mol. The fourth-order valence-electron chi connectivity index (χ4n) is 6.23.